The van der Waals surface area contributed by atoms with Gasteiger partial charge in [-0.15, -0.1) is 0 Å². The SMILES string of the molecule is CCCC1=C(C(=O)OCC)[C@H](c2ccc(C(C)C)cc2)n2c(s/c(=C\c3ccc(O)c(OC)c3)c2=O)=N1. The van der Waals surface area contributed by atoms with E-state index in [1.54, 1.807) is 29.7 Å². The molecule has 2 aromatic carbocycles. The van der Waals surface area contributed by atoms with Gasteiger partial charge in [0.05, 0.1) is 35.6 Å². The highest BCUT2D eigenvalue weighted by atomic mass is 32.1. The van der Waals surface area contributed by atoms with E-state index in [4.69, 9.17) is 14.5 Å². The average Bonchev–Trinajstić information content (AvgIpc) is 3.19. The summed E-state index contributed by atoms with van der Waals surface area (Å²) in [7, 11) is 1.48. The maximum Gasteiger partial charge on any atom is 0.338 e. The zero-order valence-corrected chi connectivity index (χ0v) is 22.6. The molecule has 0 spiro atoms. The van der Waals surface area contributed by atoms with Gasteiger partial charge in [-0.3, -0.25) is 9.36 Å². The van der Waals surface area contributed by atoms with Crippen LogP contribution in [0.25, 0.3) is 6.08 Å². The molecule has 1 aliphatic rings. The summed E-state index contributed by atoms with van der Waals surface area (Å²) < 4.78 is 12.7. The minimum Gasteiger partial charge on any atom is -0.504 e. The van der Waals surface area contributed by atoms with E-state index in [1.165, 1.54) is 30.1 Å². The molecule has 1 aromatic heterocycles. The highest BCUT2D eigenvalue weighted by Gasteiger charge is 2.34. The second kappa shape index (κ2) is 11.2. The fourth-order valence-corrected chi connectivity index (χ4v) is 5.45. The van der Waals surface area contributed by atoms with Crippen molar-refractivity contribution in [1.82, 2.24) is 4.57 Å². The Kier molecular flexibility index (Phi) is 7.97. The smallest absolute Gasteiger partial charge is 0.338 e. The Balaban J connectivity index is 1.96. The van der Waals surface area contributed by atoms with Gasteiger partial charge >= 0.3 is 5.97 Å². The first-order valence-electron chi connectivity index (χ1n) is 12.5. The second-order valence-electron chi connectivity index (χ2n) is 9.17. The zero-order chi connectivity index (χ0) is 26.7. The van der Waals surface area contributed by atoms with E-state index in [2.05, 4.69) is 13.8 Å². The van der Waals surface area contributed by atoms with Crippen molar-refractivity contribution in [3.63, 3.8) is 0 Å². The van der Waals surface area contributed by atoms with Crippen LogP contribution in [-0.2, 0) is 9.53 Å². The van der Waals surface area contributed by atoms with Gasteiger partial charge in [0.2, 0.25) is 0 Å². The van der Waals surface area contributed by atoms with Crippen molar-refractivity contribution in [2.45, 2.75) is 52.5 Å². The number of ether oxygens (including phenoxy) is 2. The van der Waals surface area contributed by atoms with Gasteiger partial charge in [-0.05, 0) is 54.2 Å². The lowest BCUT2D eigenvalue weighted by molar-refractivity contribution is -0.139. The molecule has 0 saturated carbocycles. The summed E-state index contributed by atoms with van der Waals surface area (Å²) in [6, 6.07) is 12.3. The molecular formula is C29H32N2O5S. The monoisotopic (exact) mass is 520 g/mol. The normalized spacial score (nSPS) is 15.5. The number of thiazole rings is 1. The molecule has 0 radical (unpaired) electrons. The van der Waals surface area contributed by atoms with Crippen LogP contribution in [0.5, 0.6) is 11.5 Å². The van der Waals surface area contributed by atoms with E-state index >= 15 is 0 Å². The van der Waals surface area contributed by atoms with E-state index in [9.17, 15) is 14.7 Å². The Morgan fingerprint density at radius 3 is 2.54 bits per heavy atom. The van der Waals surface area contributed by atoms with Gasteiger partial charge < -0.3 is 14.6 Å². The van der Waals surface area contributed by atoms with E-state index < -0.39 is 12.0 Å². The number of fused-ring (bicyclic) bond motifs is 1. The van der Waals surface area contributed by atoms with Crippen molar-refractivity contribution in [2.24, 2.45) is 4.99 Å². The molecule has 0 aliphatic carbocycles. The van der Waals surface area contributed by atoms with Crippen LogP contribution in [0.3, 0.4) is 0 Å². The van der Waals surface area contributed by atoms with Gasteiger partial charge in [0.25, 0.3) is 5.56 Å². The number of nitrogens with zero attached hydrogens (tertiary/aromatic N) is 2. The molecule has 194 valence electrons. The van der Waals surface area contributed by atoms with Crippen molar-refractivity contribution in [3.05, 3.63) is 90.1 Å². The van der Waals surface area contributed by atoms with Crippen LogP contribution in [0.4, 0.5) is 0 Å². The highest BCUT2D eigenvalue weighted by molar-refractivity contribution is 7.07. The summed E-state index contributed by atoms with van der Waals surface area (Å²) in [6.07, 6.45) is 3.13. The van der Waals surface area contributed by atoms with Crippen LogP contribution >= 0.6 is 11.3 Å². The molecule has 0 unspecified atom stereocenters. The highest BCUT2D eigenvalue weighted by Crippen LogP contribution is 2.33. The average molecular weight is 521 g/mol. The van der Waals surface area contributed by atoms with Gasteiger partial charge in [0.1, 0.15) is 0 Å². The number of phenolic OH excluding ortho intramolecular Hbond substituents is 1. The van der Waals surface area contributed by atoms with Crippen molar-refractivity contribution in [1.29, 1.82) is 0 Å². The molecule has 3 aromatic rings. The van der Waals surface area contributed by atoms with Crippen LogP contribution in [0, 0.1) is 0 Å². The number of carbonyl (C=O) groups excluding carboxylic acids is 1. The molecule has 1 N–H and O–H groups in total. The van der Waals surface area contributed by atoms with Crippen molar-refractivity contribution >= 4 is 23.4 Å². The Hall–Kier alpha value is -3.65. The first-order chi connectivity index (χ1) is 17.8. The standard InChI is InChI=1S/C29H32N2O5S/c1-6-8-21-25(28(34)36-7-2)26(20-12-10-19(11-13-20)17(3)4)31-27(33)24(37-29(31)30-21)16-18-9-14-22(32)23(15-18)35-5/h9-17,26,32H,6-8H2,1-5H3/b24-16-/t26-/m0/s1. The van der Waals surface area contributed by atoms with Gasteiger partial charge in [-0.1, -0.05) is 68.9 Å². The lowest BCUT2D eigenvalue weighted by atomic mass is 9.92. The summed E-state index contributed by atoms with van der Waals surface area (Å²) in [4.78, 5) is 32.4. The summed E-state index contributed by atoms with van der Waals surface area (Å²) in [5.74, 6) is 0.243. The third-order valence-electron chi connectivity index (χ3n) is 6.31. The number of phenols is 1. The fraction of sp³-hybridized carbons (Fsp3) is 0.345. The molecule has 8 heteroatoms. The molecule has 0 amide bonds. The number of hydrogen-bond donors (Lipinski definition) is 1. The minimum absolute atomic E-state index is 0.0224. The largest absolute Gasteiger partial charge is 0.504 e. The van der Waals surface area contributed by atoms with Crippen molar-refractivity contribution in [3.8, 4) is 11.5 Å². The maximum absolute atomic E-state index is 13.8. The molecule has 0 saturated heterocycles. The summed E-state index contributed by atoms with van der Waals surface area (Å²) in [6.45, 7) is 8.28. The molecule has 0 fully saturated rings. The van der Waals surface area contributed by atoms with Crippen molar-refractivity contribution < 1.29 is 19.4 Å². The van der Waals surface area contributed by atoms with Crippen molar-refractivity contribution in [2.75, 3.05) is 13.7 Å². The number of esters is 1. The number of rotatable bonds is 8. The predicted octanol–water partition coefficient (Wildman–Crippen LogP) is 4.42. The maximum atomic E-state index is 13.8. The van der Waals surface area contributed by atoms with Gasteiger partial charge in [0, 0.05) is 0 Å². The molecule has 2 heterocycles. The third-order valence-corrected chi connectivity index (χ3v) is 7.30. The quantitative estimate of drug-likeness (QED) is 0.444. The Morgan fingerprint density at radius 2 is 1.92 bits per heavy atom. The topological polar surface area (TPSA) is 90.1 Å². The molecule has 1 aliphatic heterocycles. The fourth-order valence-electron chi connectivity index (χ4n) is 4.43. The number of benzene rings is 2. The lowest BCUT2D eigenvalue weighted by Crippen LogP contribution is -2.40. The van der Waals surface area contributed by atoms with Gasteiger partial charge in [-0.2, -0.15) is 0 Å². The second-order valence-corrected chi connectivity index (χ2v) is 10.2. The van der Waals surface area contributed by atoms with Crippen LogP contribution in [0.2, 0.25) is 0 Å². The van der Waals surface area contributed by atoms with E-state index in [1.807, 2.05) is 31.2 Å². The van der Waals surface area contributed by atoms with E-state index in [0.29, 0.717) is 44.3 Å². The number of aromatic nitrogens is 1. The molecule has 4 rings (SSSR count). The molecule has 7 nitrogen and oxygen atoms in total. The number of hydrogen-bond acceptors (Lipinski definition) is 7. The number of allylic oxidation sites excluding steroid dienone is 1. The Labute approximate surface area is 220 Å². The molecule has 1 atom stereocenters. The molecule has 0 bridgehead atoms. The number of carbonyl (C=O) groups is 1. The summed E-state index contributed by atoms with van der Waals surface area (Å²) in [5, 5.41) is 9.94. The summed E-state index contributed by atoms with van der Waals surface area (Å²) >= 11 is 1.28. The predicted molar refractivity (Wildman–Crippen MR) is 145 cm³/mol. The Morgan fingerprint density at radius 1 is 1.19 bits per heavy atom. The lowest BCUT2D eigenvalue weighted by Gasteiger charge is -2.26. The minimum atomic E-state index is -0.644. The van der Waals surface area contributed by atoms with Gasteiger partial charge in [-0.25, -0.2) is 9.79 Å². The number of methoxy groups -OCH3 is 1. The first-order valence-corrected chi connectivity index (χ1v) is 13.3. The van der Waals surface area contributed by atoms with E-state index in [0.717, 1.165) is 12.0 Å². The molecule has 37 heavy (non-hydrogen) atoms. The third kappa shape index (κ3) is 5.25. The van der Waals surface area contributed by atoms with Crippen LogP contribution < -0.4 is 19.6 Å². The van der Waals surface area contributed by atoms with E-state index in [-0.39, 0.29) is 17.9 Å². The zero-order valence-electron chi connectivity index (χ0n) is 21.8. The molecular weight excluding hydrogens is 488 g/mol. The summed E-state index contributed by atoms with van der Waals surface area (Å²) in [5.41, 5.74) is 3.52. The number of aromatic hydroxyl groups is 1. The van der Waals surface area contributed by atoms with Crippen LogP contribution in [0.15, 0.2) is 63.5 Å². The first kappa shape index (κ1) is 26.4. The van der Waals surface area contributed by atoms with Crippen LogP contribution in [-0.4, -0.2) is 29.4 Å². The Bertz CT molecular complexity index is 1510. The van der Waals surface area contributed by atoms with Gasteiger partial charge in [0.15, 0.2) is 16.3 Å². The van der Waals surface area contributed by atoms with Crippen LogP contribution in [0.1, 0.15) is 69.2 Å².